The molecular weight excluding hydrogens is 673 g/mol. The van der Waals surface area contributed by atoms with Crippen molar-refractivity contribution in [2.45, 2.75) is 180 Å². The van der Waals surface area contributed by atoms with Crippen LogP contribution in [-0.4, -0.2) is 70.7 Å². The van der Waals surface area contributed by atoms with Crippen molar-refractivity contribution in [3.05, 3.63) is 36.5 Å². The van der Waals surface area contributed by atoms with Crippen LogP contribution in [0.15, 0.2) is 36.5 Å². The first-order valence-electron chi connectivity index (χ1n) is 21.2. The van der Waals surface area contributed by atoms with Gasteiger partial charge in [-0.05, 0) is 70.6 Å². The summed E-state index contributed by atoms with van der Waals surface area (Å²) in [5.74, 6) is -0.347. The standard InChI is InChI=1S/C43H82NO7P/c1-6-8-10-12-14-16-18-20-21-22-23-24-25-27-29-31-33-35-38-48-40-42(41-50-52(46,47)49-39-37-44(3,4)5)51-43(45)36-34-32-30-28-26-19-17-15-13-11-9-7-2/h14-17,20-21,42H,6-13,18-19,22-41H2,1-5H3/b16-14-,17-15-,21-20-. The van der Waals surface area contributed by atoms with Crippen LogP contribution in [-0.2, 0) is 27.9 Å². The van der Waals surface area contributed by atoms with E-state index in [4.69, 9.17) is 18.5 Å². The lowest BCUT2D eigenvalue weighted by molar-refractivity contribution is -0.870. The average Bonchev–Trinajstić information content (AvgIpc) is 3.09. The lowest BCUT2D eigenvalue weighted by atomic mass is 10.1. The molecule has 52 heavy (non-hydrogen) atoms. The number of quaternary nitrogens is 1. The number of hydrogen-bond acceptors (Lipinski definition) is 7. The Kier molecular flexibility index (Phi) is 35.8. The van der Waals surface area contributed by atoms with E-state index in [0.717, 1.165) is 51.4 Å². The number of carbonyl (C=O) groups excluding carboxylic acids is 1. The Morgan fingerprint density at radius 2 is 1.06 bits per heavy atom. The summed E-state index contributed by atoms with van der Waals surface area (Å²) >= 11 is 0. The van der Waals surface area contributed by atoms with E-state index in [1.807, 2.05) is 21.1 Å². The SMILES string of the molecule is CCCCC/C=C\C/C=C\CCCCCCCCCCOCC(COP(=O)([O-])OCC[N+](C)(C)C)OC(=O)CCCCCCC/C=C\CCCCC. The summed E-state index contributed by atoms with van der Waals surface area (Å²) in [5.41, 5.74) is 0. The Balaban J connectivity index is 4.24. The third-order valence-electron chi connectivity index (χ3n) is 8.91. The first-order valence-corrected chi connectivity index (χ1v) is 22.7. The maximum atomic E-state index is 12.6. The first-order chi connectivity index (χ1) is 25.1. The van der Waals surface area contributed by atoms with Crippen molar-refractivity contribution in [3.63, 3.8) is 0 Å². The fraction of sp³-hybridized carbons (Fsp3) is 0.837. The maximum Gasteiger partial charge on any atom is 0.306 e. The zero-order valence-corrected chi connectivity index (χ0v) is 35.4. The molecule has 0 fully saturated rings. The zero-order valence-electron chi connectivity index (χ0n) is 34.5. The van der Waals surface area contributed by atoms with Crippen molar-refractivity contribution in [3.8, 4) is 0 Å². The van der Waals surface area contributed by atoms with E-state index < -0.39 is 13.9 Å². The van der Waals surface area contributed by atoms with Gasteiger partial charge in [-0.15, -0.1) is 0 Å². The summed E-state index contributed by atoms with van der Waals surface area (Å²) < 4.78 is 34.5. The van der Waals surface area contributed by atoms with Crippen LogP contribution in [0.2, 0.25) is 0 Å². The summed E-state index contributed by atoms with van der Waals surface area (Å²) in [4.78, 5) is 25.0. The largest absolute Gasteiger partial charge is 0.756 e. The average molecular weight is 756 g/mol. The fourth-order valence-corrected chi connectivity index (χ4v) is 6.30. The molecule has 0 aliphatic rings. The Bertz CT molecular complexity index is 931. The smallest absolute Gasteiger partial charge is 0.306 e. The summed E-state index contributed by atoms with van der Waals surface area (Å²) in [5, 5.41) is 0. The molecule has 0 aromatic rings. The van der Waals surface area contributed by atoms with Gasteiger partial charge < -0.3 is 27.9 Å². The number of hydrogen-bond donors (Lipinski definition) is 0. The van der Waals surface area contributed by atoms with Crippen molar-refractivity contribution in [1.82, 2.24) is 0 Å². The van der Waals surface area contributed by atoms with E-state index in [-0.39, 0.29) is 25.8 Å². The highest BCUT2D eigenvalue weighted by Gasteiger charge is 2.20. The molecule has 306 valence electrons. The van der Waals surface area contributed by atoms with Gasteiger partial charge in [0.15, 0.2) is 0 Å². The van der Waals surface area contributed by atoms with Gasteiger partial charge in [0.05, 0.1) is 34.4 Å². The highest BCUT2D eigenvalue weighted by molar-refractivity contribution is 7.45. The number of rotatable bonds is 39. The highest BCUT2D eigenvalue weighted by Crippen LogP contribution is 2.38. The van der Waals surface area contributed by atoms with E-state index in [0.29, 0.717) is 24.1 Å². The molecule has 2 unspecified atom stereocenters. The van der Waals surface area contributed by atoms with E-state index >= 15 is 0 Å². The Hall–Kier alpha value is -1.28. The van der Waals surface area contributed by atoms with Crippen LogP contribution in [0, 0.1) is 0 Å². The van der Waals surface area contributed by atoms with E-state index in [9.17, 15) is 14.3 Å². The van der Waals surface area contributed by atoms with Gasteiger partial charge in [0, 0.05) is 13.0 Å². The predicted octanol–water partition coefficient (Wildman–Crippen LogP) is 11.6. The minimum absolute atomic E-state index is 0.0230. The second-order valence-corrected chi connectivity index (χ2v) is 16.8. The number of nitrogens with zero attached hydrogens (tertiary/aromatic N) is 1. The molecule has 9 heteroatoms. The first kappa shape index (κ1) is 50.7. The molecule has 8 nitrogen and oxygen atoms in total. The second kappa shape index (κ2) is 36.7. The summed E-state index contributed by atoms with van der Waals surface area (Å²) in [6.07, 6.45) is 41.5. The van der Waals surface area contributed by atoms with Crippen molar-refractivity contribution in [2.75, 3.05) is 54.1 Å². The monoisotopic (exact) mass is 756 g/mol. The van der Waals surface area contributed by atoms with Crippen LogP contribution in [0.3, 0.4) is 0 Å². The third-order valence-corrected chi connectivity index (χ3v) is 9.88. The number of allylic oxidation sites excluding steroid dienone is 6. The molecule has 0 aliphatic carbocycles. The van der Waals surface area contributed by atoms with Crippen molar-refractivity contribution < 1.29 is 37.3 Å². The number of ether oxygens (including phenoxy) is 2. The zero-order chi connectivity index (χ0) is 38.4. The van der Waals surface area contributed by atoms with Gasteiger partial charge in [0.2, 0.25) is 0 Å². The van der Waals surface area contributed by atoms with E-state index in [2.05, 4.69) is 50.3 Å². The lowest BCUT2D eigenvalue weighted by Gasteiger charge is -2.28. The van der Waals surface area contributed by atoms with Crippen LogP contribution in [0.25, 0.3) is 0 Å². The van der Waals surface area contributed by atoms with Gasteiger partial charge in [-0.2, -0.15) is 0 Å². The van der Waals surface area contributed by atoms with E-state index in [1.165, 1.54) is 103 Å². The molecular formula is C43H82NO7P. The van der Waals surface area contributed by atoms with Gasteiger partial charge in [0.1, 0.15) is 19.3 Å². The minimum Gasteiger partial charge on any atom is -0.756 e. The quantitative estimate of drug-likeness (QED) is 0.0203. The molecule has 0 heterocycles. The molecule has 0 N–H and O–H groups in total. The van der Waals surface area contributed by atoms with Crippen LogP contribution in [0.4, 0.5) is 0 Å². The van der Waals surface area contributed by atoms with Crippen molar-refractivity contribution >= 4 is 13.8 Å². The van der Waals surface area contributed by atoms with Crippen LogP contribution in [0.1, 0.15) is 174 Å². The molecule has 0 bridgehead atoms. The maximum absolute atomic E-state index is 12.6. The fourth-order valence-electron chi connectivity index (χ4n) is 5.57. The molecule has 0 radical (unpaired) electrons. The minimum atomic E-state index is -4.52. The Labute approximate surface area is 321 Å². The Morgan fingerprint density at radius 1 is 0.596 bits per heavy atom. The van der Waals surface area contributed by atoms with Gasteiger partial charge >= 0.3 is 5.97 Å². The van der Waals surface area contributed by atoms with Gasteiger partial charge in [-0.25, -0.2) is 0 Å². The molecule has 0 aromatic carbocycles. The molecule has 0 amide bonds. The molecule has 0 aliphatic heterocycles. The van der Waals surface area contributed by atoms with E-state index in [1.54, 1.807) is 0 Å². The molecule has 0 saturated carbocycles. The highest BCUT2D eigenvalue weighted by atomic mass is 31.2. The van der Waals surface area contributed by atoms with Gasteiger partial charge in [-0.3, -0.25) is 9.36 Å². The number of unbranched alkanes of at least 4 members (excludes halogenated alkanes) is 19. The molecule has 0 rings (SSSR count). The molecule has 0 spiro atoms. The summed E-state index contributed by atoms with van der Waals surface area (Å²) in [6.45, 7) is 5.34. The van der Waals surface area contributed by atoms with Gasteiger partial charge in [-0.1, -0.05) is 134 Å². The normalized spacial score (nSPS) is 14.2. The third kappa shape index (κ3) is 39.9. The van der Waals surface area contributed by atoms with Crippen molar-refractivity contribution in [1.29, 1.82) is 0 Å². The number of esters is 1. The number of likely N-dealkylation sites (N-methyl/N-ethyl adjacent to an activating group) is 1. The topological polar surface area (TPSA) is 94.1 Å². The van der Waals surface area contributed by atoms with Crippen LogP contribution < -0.4 is 4.89 Å². The molecule has 0 saturated heterocycles. The van der Waals surface area contributed by atoms with Crippen LogP contribution in [0.5, 0.6) is 0 Å². The Morgan fingerprint density at radius 3 is 1.58 bits per heavy atom. The molecule has 2 atom stereocenters. The summed E-state index contributed by atoms with van der Waals surface area (Å²) in [7, 11) is 1.34. The number of phosphoric acid groups is 1. The second-order valence-electron chi connectivity index (χ2n) is 15.3. The summed E-state index contributed by atoms with van der Waals surface area (Å²) in [6, 6.07) is 0. The van der Waals surface area contributed by atoms with Crippen molar-refractivity contribution in [2.24, 2.45) is 0 Å². The van der Waals surface area contributed by atoms with Crippen LogP contribution >= 0.6 is 7.82 Å². The van der Waals surface area contributed by atoms with Gasteiger partial charge in [0.25, 0.3) is 7.82 Å². The molecule has 0 aromatic heterocycles. The predicted molar refractivity (Wildman–Crippen MR) is 217 cm³/mol. The lowest BCUT2D eigenvalue weighted by Crippen LogP contribution is -2.37. The number of carbonyl (C=O) groups is 1. The number of phosphoric ester groups is 1.